The van der Waals surface area contributed by atoms with Gasteiger partial charge in [-0.15, -0.1) is 0 Å². The molecule has 21 heavy (non-hydrogen) atoms. The van der Waals surface area contributed by atoms with Crippen LogP contribution in [0, 0.1) is 0 Å². The molecule has 116 valence electrons. The number of carbonyl (C=O) groups excluding carboxylic acids is 1. The van der Waals surface area contributed by atoms with Crippen molar-refractivity contribution in [1.29, 1.82) is 0 Å². The molecule has 2 rings (SSSR count). The first-order valence-electron chi connectivity index (χ1n) is 7.04. The van der Waals surface area contributed by atoms with Gasteiger partial charge in [0.05, 0.1) is 7.11 Å². The summed E-state index contributed by atoms with van der Waals surface area (Å²) in [7, 11) is 1.34. The van der Waals surface area contributed by atoms with Crippen LogP contribution in [0.4, 0.5) is 8.78 Å². The Labute approximate surface area is 122 Å². The van der Waals surface area contributed by atoms with Crippen molar-refractivity contribution in [1.82, 2.24) is 5.32 Å². The molecule has 1 fully saturated rings. The number of nitrogens with one attached hydrogen (secondary N) is 1. The zero-order chi connectivity index (χ0) is 15.2. The first kappa shape index (κ1) is 15.5. The smallest absolute Gasteiger partial charge is 0.387 e. The van der Waals surface area contributed by atoms with Gasteiger partial charge in [0.1, 0.15) is 0 Å². The van der Waals surface area contributed by atoms with Crippen molar-refractivity contribution in [3.05, 3.63) is 23.8 Å². The summed E-state index contributed by atoms with van der Waals surface area (Å²) >= 11 is 0. The first-order valence-corrected chi connectivity index (χ1v) is 7.04. The Kier molecular flexibility index (Phi) is 5.36. The van der Waals surface area contributed by atoms with Gasteiger partial charge in [-0.1, -0.05) is 19.3 Å². The van der Waals surface area contributed by atoms with Crippen molar-refractivity contribution in [2.75, 3.05) is 7.11 Å². The number of ether oxygens (including phenoxy) is 2. The molecule has 1 aromatic carbocycles. The summed E-state index contributed by atoms with van der Waals surface area (Å²) in [6.07, 6.45) is 5.41. The molecule has 0 bridgehead atoms. The van der Waals surface area contributed by atoms with Gasteiger partial charge in [0.2, 0.25) is 0 Å². The fourth-order valence-electron chi connectivity index (χ4n) is 2.52. The maximum atomic E-state index is 12.2. The van der Waals surface area contributed by atoms with E-state index in [4.69, 9.17) is 4.74 Å². The number of carbonyl (C=O) groups is 1. The van der Waals surface area contributed by atoms with E-state index in [9.17, 15) is 13.6 Å². The molecule has 4 nitrogen and oxygen atoms in total. The van der Waals surface area contributed by atoms with Gasteiger partial charge in [-0.25, -0.2) is 0 Å². The predicted octanol–water partition coefficient (Wildman–Crippen LogP) is 3.36. The molecule has 0 aliphatic heterocycles. The molecule has 0 aromatic heterocycles. The van der Waals surface area contributed by atoms with E-state index in [2.05, 4.69) is 10.1 Å². The number of hydrogen-bond donors (Lipinski definition) is 1. The summed E-state index contributed by atoms with van der Waals surface area (Å²) in [6, 6.07) is 4.38. The highest BCUT2D eigenvalue weighted by molar-refractivity contribution is 5.95. The van der Waals surface area contributed by atoms with E-state index in [0.29, 0.717) is 5.56 Å². The van der Waals surface area contributed by atoms with Crippen molar-refractivity contribution < 1.29 is 23.0 Å². The fourth-order valence-corrected chi connectivity index (χ4v) is 2.52. The highest BCUT2D eigenvalue weighted by atomic mass is 19.3. The van der Waals surface area contributed by atoms with Crippen LogP contribution in [0.2, 0.25) is 0 Å². The molecule has 1 N–H and O–H groups in total. The van der Waals surface area contributed by atoms with Gasteiger partial charge in [0.15, 0.2) is 11.5 Å². The number of amides is 1. The van der Waals surface area contributed by atoms with Crippen molar-refractivity contribution in [3.63, 3.8) is 0 Å². The second kappa shape index (κ2) is 7.24. The normalized spacial score (nSPS) is 15.8. The molecule has 0 saturated heterocycles. The molecule has 1 aliphatic carbocycles. The minimum Gasteiger partial charge on any atom is -0.493 e. The highest BCUT2D eigenvalue weighted by Gasteiger charge is 2.18. The van der Waals surface area contributed by atoms with Crippen LogP contribution in [0.1, 0.15) is 42.5 Å². The molecule has 1 amide bonds. The summed E-state index contributed by atoms with van der Waals surface area (Å²) < 4.78 is 33.8. The van der Waals surface area contributed by atoms with Crippen LogP contribution < -0.4 is 14.8 Å². The minimum absolute atomic E-state index is 0.0817. The second-order valence-corrected chi connectivity index (χ2v) is 5.05. The number of halogens is 2. The van der Waals surface area contributed by atoms with Gasteiger partial charge in [-0.2, -0.15) is 8.78 Å². The van der Waals surface area contributed by atoms with E-state index >= 15 is 0 Å². The minimum atomic E-state index is -2.93. The van der Waals surface area contributed by atoms with Crippen LogP contribution in [-0.4, -0.2) is 25.7 Å². The molecule has 1 aliphatic rings. The van der Waals surface area contributed by atoms with E-state index in [-0.39, 0.29) is 23.4 Å². The lowest BCUT2D eigenvalue weighted by Gasteiger charge is -2.23. The summed E-state index contributed by atoms with van der Waals surface area (Å²) in [4.78, 5) is 12.2. The number of rotatable bonds is 5. The van der Waals surface area contributed by atoms with Crippen LogP contribution in [0.15, 0.2) is 18.2 Å². The Morgan fingerprint density at radius 2 is 1.95 bits per heavy atom. The van der Waals surface area contributed by atoms with Gasteiger partial charge >= 0.3 is 6.61 Å². The Morgan fingerprint density at radius 3 is 2.57 bits per heavy atom. The number of methoxy groups -OCH3 is 1. The highest BCUT2D eigenvalue weighted by Crippen LogP contribution is 2.29. The van der Waals surface area contributed by atoms with Crippen molar-refractivity contribution in [2.45, 2.75) is 44.8 Å². The van der Waals surface area contributed by atoms with E-state index in [1.54, 1.807) is 0 Å². The monoisotopic (exact) mass is 299 g/mol. The van der Waals surface area contributed by atoms with E-state index < -0.39 is 6.61 Å². The van der Waals surface area contributed by atoms with Crippen molar-refractivity contribution in [3.8, 4) is 11.5 Å². The summed E-state index contributed by atoms with van der Waals surface area (Å²) in [6.45, 7) is -2.93. The Balaban J connectivity index is 2.06. The topological polar surface area (TPSA) is 47.6 Å². The second-order valence-electron chi connectivity index (χ2n) is 5.05. The van der Waals surface area contributed by atoms with Crippen LogP contribution in [-0.2, 0) is 0 Å². The number of hydrogen-bond acceptors (Lipinski definition) is 3. The van der Waals surface area contributed by atoms with Crippen LogP contribution in [0.25, 0.3) is 0 Å². The molecule has 0 atom stereocenters. The molecule has 0 spiro atoms. The van der Waals surface area contributed by atoms with Gasteiger partial charge < -0.3 is 14.8 Å². The zero-order valence-electron chi connectivity index (χ0n) is 11.9. The average Bonchev–Trinajstić information content (AvgIpc) is 2.48. The SMILES string of the molecule is COc1cc(C(=O)NC2CCCCC2)ccc1OC(F)F. The lowest BCUT2D eigenvalue weighted by Crippen LogP contribution is -2.36. The average molecular weight is 299 g/mol. The lowest BCUT2D eigenvalue weighted by atomic mass is 9.95. The van der Waals surface area contributed by atoms with Gasteiger partial charge in [-0.05, 0) is 31.0 Å². The van der Waals surface area contributed by atoms with Gasteiger partial charge in [-0.3, -0.25) is 4.79 Å². The van der Waals surface area contributed by atoms with Gasteiger partial charge in [0, 0.05) is 11.6 Å². The van der Waals surface area contributed by atoms with Crippen molar-refractivity contribution >= 4 is 5.91 Å². The van der Waals surface area contributed by atoms with Crippen molar-refractivity contribution in [2.24, 2.45) is 0 Å². The quantitative estimate of drug-likeness (QED) is 0.907. The summed E-state index contributed by atoms with van der Waals surface area (Å²) in [5.41, 5.74) is 0.374. The summed E-state index contributed by atoms with van der Waals surface area (Å²) in [5, 5.41) is 2.96. The van der Waals surface area contributed by atoms with Crippen LogP contribution in [0.5, 0.6) is 11.5 Å². The predicted molar refractivity (Wildman–Crippen MR) is 74.0 cm³/mol. The molecule has 0 heterocycles. The number of alkyl halides is 2. The zero-order valence-corrected chi connectivity index (χ0v) is 11.9. The molecular weight excluding hydrogens is 280 g/mol. The van der Waals surface area contributed by atoms with E-state index in [1.807, 2.05) is 0 Å². The van der Waals surface area contributed by atoms with E-state index in [1.165, 1.54) is 31.7 Å². The fraction of sp³-hybridized carbons (Fsp3) is 0.533. The molecule has 0 unspecified atom stereocenters. The molecule has 0 radical (unpaired) electrons. The lowest BCUT2D eigenvalue weighted by molar-refractivity contribution is -0.0512. The van der Waals surface area contributed by atoms with Crippen LogP contribution in [0.3, 0.4) is 0 Å². The summed E-state index contributed by atoms with van der Waals surface area (Å²) in [5.74, 6) is -0.183. The third-order valence-electron chi connectivity index (χ3n) is 3.58. The molecular formula is C15H19F2NO3. The third kappa shape index (κ3) is 4.31. The molecule has 1 aromatic rings. The number of benzene rings is 1. The Bertz CT molecular complexity index is 488. The maximum Gasteiger partial charge on any atom is 0.387 e. The standard InChI is InChI=1S/C15H19F2NO3/c1-20-13-9-10(7-8-12(13)21-15(16)17)14(19)18-11-5-3-2-4-6-11/h7-9,11,15H,2-6H2,1H3,(H,18,19). The maximum absolute atomic E-state index is 12.2. The van der Waals surface area contributed by atoms with Crippen LogP contribution >= 0.6 is 0 Å². The Hall–Kier alpha value is -1.85. The largest absolute Gasteiger partial charge is 0.493 e. The third-order valence-corrected chi connectivity index (χ3v) is 3.58. The van der Waals surface area contributed by atoms with Gasteiger partial charge in [0.25, 0.3) is 5.91 Å². The molecule has 1 saturated carbocycles. The van der Waals surface area contributed by atoms with E-state index in [0.717, 1.165) is 25.7 Å². The Morgan fingerprint density at radius 1 is 1.24 bits per heavy atom. The molecule has 6 heteroatoms. The first-order chi connectivity index (χ1) is 10.1.